The van der Waals surface area contributed by atoms with Gasteiger partial charge in [0.2, 0.25) is 15.9 Å². The van der Waals surface area contributed by atoms with Gasteiger partial charge < -0.3 is 10.1 Å². The fourth-order valence-electron chi connectivity index (χ4n) is 3.64. The highest BCUT2D eigenvalue weighted by atomic mass is 32.2. The summed E-state index contributed by atoms with van der Waals surface area (Å²) < 4.78 is 101. The van der Waals surface area contributed by atoms with Gasteiger partial charge in [0.25, 0.3) is 10.0 Å². The molecule has 40 heavy (non-hydrogen) atoms. The van der Waals surface area contributed by atoms with E-state index in [0.717, 1.165) is 29.8 Å². The molecule has 0 atom stereocenters. The van der Waals surface area contributed by atoms with Crippen LogP contribution in [0.3, 0.4) is 0 Å². The summed E-state index contributed by atoms with van der Waals surface area (Å²) in [6.07, 6.45) is -4.76. The number of hydrogen-bond acceptors (Lipinski definition) is 6. The first kappa shape index (κ1) is 30.9. The van der Waals surface area contributed by atoms with Crippen LogP contribution in [-0.2, 0) is 31.0 Å². The molecule has 9 nitrogen and oxygen atoms in total. The van der Waals surface area contributed by atoms with E-state index in [-0.39, 0.29) is 21.2 Å². The van der Waals surface area contributed by atoms with E-state index in [1.165, 1.54) is 43.5 Å². The molecule has 3 rings (SSSR count). The van der Waals surface area contributed by atoms with Gasteiger partial charge in [0.1, 0.15) is 12.3 Å². The largest absolute Gasteiger partial charge is 0.495 e. The van der Waals surface area contributed by atoms with Gasteiger partial charge in [0, 0.05) is 6.04 Å². The smallest absolute Gasteiger partial charge is 0.416 e. The number of nitrogens with one attached hydrogen (secondary N) is 2. The lowest BCUT2D eigenvalue weighted by molar-refractivity contribution is -0.137. The molecule has 3 aromatic rings. The average molecular weight is 600 g/mol. The Morgan fingerprint density at radius 1 is 0.950 bits per heavy atom. The first-order chi connectivity index (χ1) is 18.5. The SMILES string of the molecule is COc1ccc(S(=O)(=O)NC(C)C)cc1NC(=O)CN(c1cccc(C(F)(F)F)c1)S(=O)(=O)c1ccc(C)cc1. The van der Waals surface area contributed by atoms with Gasteiger partial charge in [-0.1, -0.05) is 23.8 Å². The van der Waals surface area contributed by atoms with E-state index < -0.39 is 56.0 Å². The quantitative estimate of drug-likeness (QED) is 0.353. The summed E-state index contributed by atoms with van der Waals surface area (Å²) >= 11 is 0. The zero-order valence-electron chi connectivity index (χ0n) is 22.0. The average Bonchev–Trinajstić information content (AvgIpc) is 2.86. The van der Waals surface area contributed by atoms with E-state index >= 15 is 0 Å². The van der Waals surface area contributed by atoms with Crippen molar-refractivity contribution in [3.8, 4) is 5.75 Å². The monoisotopic (exact) mass is 599 g/mol. The maximum absolute atomic E-state index is 13.6. The molecule has 0 unspecified atom stereocenters. The Morgan fingerprint density at radius 2 is 1.57 bits per heavy atom. The third-order valence-electron chi connectivity index (χ3n) is 5.50. The second kappa shape index (κ2) is 11.9. The number of amides is 1. The summed E-state index contributed by atoms with van der Waals surface area (Å²) in [6, 6.07) is 12.4. The molecule has 0 aliphatic heterocycles. The summed E-state index contributed by atoms with van der Waals surface area (Å²) in [5.41, 5.74) is -0.839. The van der Waals surface area contributed by atoms with Crippen LogP contribution in [0.15, 0.2) is 76.5 Å². The van der Waals surface area contributed by atoms with E-state index in [1.807, 2.05) is 0 Å². The number of benzene rings is 3. The molecule has 0 spiro atoms. The van der Waals surface area contributed by atoms with E-state index in [2.05, 4.69) is 10.0 Å². The Hall–Kier alpha value is -3.62. The molecular formula is C26H28F3N3O6S2. The number of anilines is 2. The number of carbonyl (C=O) groups excluding carboxylic acids is 1. The van der Waals surface area contributed by atoms with Gasteiger partial charge in [-0.25, -0.2) is 21.6 Å². The van der Waals surface area contributed by atoms with Crippen molar-refractivity contribution in [1.82, 2.24) is 4.72 Å². The summed E-state index contributed by atoms with van der Waals surface area (Å²) in [5.74, 6) is -0.887. The number of aryl methyl sites for hydroxylation is 1. The molecule has 14 heteroatoms. The summed E-state index contributed by atoms with van der Waals surface area (Å²) in [6.45, 7) is 4.05. The lowest BCUT2D eigenvalue weighted by Crippen LogP contribution is -2.38. The molecule has 0 saturated heterocycles. The molecule has 3 aromatic carbocycles. The number of carbonyl (C=O) groups is 1. The minimum absolute atomic E-state index is 0.0730. The Bertz CT molecular complexity index is 1590. The number of halogens is 3. The summed E-state index contributed by atoms with van der Waals surface area (Å²) in [5, 5.41) is 2.42. The predicted molar refractivity (Wildman–Crippen MR) is 144 cm³/mol. The van der Waals surface area contributed by atoms with E-state index in [1.54, 1.807) is 20.8 Å². The van der Waals surface area contributed by atoms with E-state index in [9.17, 15) is 34.8 Å². The van der Waals surface area contributed by atoms with Gasteiger partial charge in [0.05, 0.1) is 33.8 Å². The standard InChI is InChI=1S/C26H28F3N3O6S2/c1-17(2)31-39(34,35)22-12-13-24(38-4)23(15-22)30-25(33)16-32(20-7-5-6-19(14-20)26(27,28)29)40(36,37)21-10-8-18(3)9-11-21/h5-15,17,31H,16H2,1-4H3,(H,30,33). The number of hydrogen-bond donors (Lipinski definition) is 2. The second-order valence-corrected chi connectivity index (χ2v) is 12.6. The third-order valence-corrected chi connectivity index (χ3v) is 8.95. The fourth-order valence-corrected chi connectivity index (χ4v) is 6.33. The molecule has 0 aliphatic rings. The highest BCUT2D eigenvalue weighted by Crippen LogP contribution is 2.34. The highest BCUT2D eigenvalue weighted by molar-refractivity contribution is 7.92. The molecule has 0 aliphatic carbocycles. The Kier molecular flexibility index (Phi) is 9.17. The van der Waals surface area contributed by atoms with Gasteiger partial charge in [-0.05, 0) is 69.3 Å². The van der Waals surface area contributed by atoms with E-state index in [0.29, 0.717) is 10.4 Å². The summed E-state index contributed by atoms with van der Waals surface area (Å²) in [4.78, 5) is 12.7. The lowest BCUT2D eigenvalue weighted by Gasteiger charge is -2.25. The van der Waals surface area contributed by atoms with Crippen LogP contribution in [0.4, 0.5) is 24.5 Å². The minimum Gasteiger partial charge on any atom is -0.495 e. The molecule has 0 saturated carbocycles. The normalized spacial score (nSPS) is 12.3. The Balaban J connectivity index is 2.03. The van der Waals surface area contributed by atoms with Gasteiger partial charge >= 0.3 is 6.18 Å². The molecule has 1 amide bonds. The van der Waals surface area contributed by atoms with Crippen LogP contribution in [0, 0.1) is 6.92 Å². The number of ether oxygens (including phenoxy) is 1. The van der Waals surface area contributed by atoms with Crippen LogP contribution < -0.4 is 19.1 Å². The topological polar surface area (TPSA) is 122 Å². The van der Waals surface area contributed by atoms with Gasteiger partial charge in [-0.15, -0.1) is 0 Å². The molecule has 0 radical (unpaired) electrons. The maximum atomic E-state index is 13.6. The number of sulfonamides is 2. The molecule has 0 heterocycles. The number of alkyl halides is 3. The van der Waals surface area contributed by atoms with Crippen molar-refractivity contribution >= 4 is 37.3 Å². The van der Waals surface area contributed by atoms with Crippen LogP contribution in [0.5, 0.6) is 5.75 Å². The van der Waals surface area contributed by atoms with Crippen molar-refractivity contribution in [1.29, 1.82) is 0 Å². The van der Waals surface area contributed by atoms with Crippen molar-refractivity contribution in [2.45, 2.75) is 42.8 Å². The highest BCUT2D eigenvalue weighted by Gasteiger charge is 2.33. The first-order valence-corrected chi connectivity index (χ1v) is 14.7. The number of rotatable bonds is 10. The molecule has 216 valence electrons. The molecule has 0 bridgehead atoms. The minimum atomic E-state index is -4.76. The van der Waals surface area contributed by atoms with Crippen molar-refractivity contribution in [2.75, 3.05) is 23.3 Å². The van der Waals surface area contributed by atoms with Gasteiger partial charge in [-0.2, -0.15) is 13.2 Å². The fraction of sp³-hybridized carbons (Fsp3) is 0.269. The zero-order valence-corrected chi connectivity index (χ0v) is 23.6. The first-order valence-electron chi connectivity index (χ1n) is 11.8. The number of nitrogens with zero attached hydrogens (tertiary/aromatic N) is 1. The Labute approximate surface area is 231 Å². The van der Waals surface area contributed by atoms with Crippen LogP contribution in [0.2, 0.25) is 0 Å². The Morgan fingerprint density at radius 3 is 2.15 bits per heavy atom. The maximum Gasteiger partial charge on any atom is 0.416 e. The molecule has 0 aromatic heterocycles. The molecule has 2 N–H and O–H groups in total. The lowest BCUT2D eigenvalue weighted by atomic mass is 10.2. The zero-order chi connectivity index (χ0) is 29.9. The van der Waals surface area contributed by atoms with Crippen LogP contribution >= 0.6 is 0 Å². The van der Waals surface area contributed by atoms with Crippen molar-refractivity contribution in [2.24, 2.45) is 0 Å². The second-order valence-electron chi connectivity index (χ2n) is 9.06. The van der Waals surface area contributed by atoms with E-state index in [4.69, 9.17) is 4.74 Å². The van der Waals surface area contributed by atoms with Crippen molar-refractivity contribution in [3.05, 3.63) is 77.9 Å². The predicted octanol–water partition coefficient (Wildman–Crippen LogP) is 4.54. The summed E-state index contributed by atoms with van der Waals surface area (Å²) in [7, 11) is -7.19. The number of methoxy groups -OCH3 is 1. The van der Waals surface area contributed by atoms with Crippen LogP contribution in [0.1, 0.15) is 25.0 Å². The van der Waals surface area contributed by atoms with Crippen molar-refractivity contribution in [3.63, 3.8) is 0 Å². The van der Waals surface area contributed by atoms with Gasteiger partial charge in [0.15, 0.2) is 0 Å². The van der Waals surface area contributed by atoms with Crippen LogP contribution in [0.25, 0.3) is 0 Å². The third kappa shape index (κ3) is 7.31. The van der Waals surface area contributed by atoms with Crippen LogP contribution in [-0.4, -0.2) is 42.4 Å². The molecule has 0 fully saturated rings. The molecular weight excluding hydrogens is 571 g/mol. The van der Waals surface area contributed by atoms with Gasteiger partial charge in [-0.3, -0.25) is 9.10 Å². The van der Waals surface area contributed by atoms with Crippen molar-refractivity contribution < 1.29 is 39.5 Å².